The monoisotopic (exact) mass is 393 g/mol. The smallest absolute Gasteiger partial charge is 0.239 e. The number of hydrogen-bond donors (Lipinski definition) is 1. The highest BCUT2D eigenvalue weighted by Gasteiger charge is 2.12. The van der Waals surface area contributed by atoms with Crippen LogP contribution in [0.1, 0.15) is 4.88 Å². The minimum absolute atomic E-state index is 0.0174. The molecule has 0 bridgehead atoms. The van der Waals surface area contributed by atoms with Crippen LogP contribution in [0.15, 0.2) is 71.6 Å². The number of nitrogens with zero attached hydrogens (tertiary/aromatic N) is 2. The van der Waals surface area contributed by atoms with Crippen LogP contribution in [0.5, 0.6) is 0 Å². The van der Waals surface area contributed by atoms with Crippen LogP contribution in [0.25, 0.3) is 22.0 Å². The van der Waals surface area contributed by atoms with E-state index in [1.165, 1.54) is 4.88 Å². The molecule has 0 saturated carbocycles. The molecule has 0 spiro atoms. The van der Waals surface area contributed by atoms with Gasteiger partial charge in [-0.25, -0.2) is 4.98 Å². The van der Waals surface area contributed by atoms with Crippen molar-refractivity contribution in [1.29, 1.82) is 0 Å². The van der Waals surface area contributed by atoms with Crippen molar-refractivity contribution in [2.45, 2.75) is 13.0 Å². The first kappa shape index (κ1) is 17.7. The Hall–Kier alpha value is -2.70. The molecule has 4 rings (SSSR count). The molecule has 3 heterocycles. The summed E-state index contributed by atoms with van der Waals surface area (Å²) in [7, 11) is 0. The van der Waals surface area contributed by atoms with E-state index in [9.17, 15) is 4.79 Å². The Balaban J connectivity index is 1.41. The lowest BCUT2D eigenvalue weighted by Crippen LogP contribution is -2.29. The molecule has 1 amide bonds. The molecule has 0 aliphatic heterocycles. The summed E-state index contributed by atoms with van der Waals surface area (Å²) >= 11 is 3.31. The zero-order valence-corrected chi connectivity index (χ0v) is 16.3. The largest absolute Gasteiger partial charge is 0.354 e. The van der Waals surface area contributed by atoms with Gasteiger partial charge in [-0.2, -0.15) is 0 Å². The van der Waals surface area contributed by atoms with E-state index in [2.05, 4.69) is 34.3 Å². The summed E-state index contributed by atoms with van der Waals surface area (Å²) in [5.74, 6) is 0.0174. The second kappa shape index (κ2) is 8.33. The van der Waals surface area contributed by atoms with Gasteiger partial charge in [0.1, 0.15) is 11.6 Å². The Morgan fingerprint density at radius 1 is 1.04 bits per heavy atom. The van der Waals surface area contributed by atoms with Gasteiger partial charge in [-0.1, -0.05) is 36.4 Å². The van der Waals surface area contributed by atoms with Crippen molar-refractivity contribution in [1.82, 2.24) is 14.9 Å². The zero-order chi connectivity index (χ0) is 18.5. The van der Waals surface area contributed by atoms with E-state index in [4.69, 9.17) is 4.98 Å². The summed E-state index contributed by atoms with van der Waals surface area (Å²) in [6, 6.07) is 18.2. The first-order valence-corrected chi connectivity index (χ1v) is 10.5. The van der Waals surface area contributed by atoms with Gasteiger partial charge in [-0.15, -0.1) is 22.7 Å². The van der Waals surface area contributed by atoms with Crippen molar-refractivity contribution in [3.8, 4) is 22.0 Å². The van der Waals surface area contributed by atoms with Gasteiger partial charge in [0, 0.05) is 28.6 Å². The summed E-state index contributed by atoms with van der Waals surface area (Å²) in [6.45, 7) is 0.957. The van der Waals surface area contributed by atoms with Gasteiger partial charge >= 0.3 is 0 Å². The molecule has 0 aliphatic carbocycles. The van der Waals surface area contributed by atoms with Crippen molar-refractivity contribution < 1.29 is 4.79 Å². The van der Waals surface area contributed by atoms with Crippen molar-refractivity contribution in [2.24, 2.45) is 0 Å². The molecular formula is C21H19N3OS2. The predicted octanol–water partition coefficient (Wildman–Crippen LogP) is 4.70. The third kappa shape index (κ3) is 4.35. The Labute approximate surface area is 166 Å². The number of rotatable bonds is 7. The summed E-state index contributed by atoms with van der Waals surface area (Å²) in [5.41, 5.74) is 3.03. The number of carbonyl (C=O) groups is 1. The van der Waals surface area contributed by atoms with Crippen LogP contribution in [0.2, 0.25) is 0 Å². The molecule has 27 heavy (non-hydrogen) atoms. The van der Waals surface area contributed by atoms with Crippen LogP contribution >= 0.6 is 22.7 Å². The Kier molecular flexibility index (Phi) is 5.46. The summed E-state index contributed by atoms with van der Waals surface area (Å²) < 4.78 is 1.95. The molecule has 0 radical (unpaired) electrons. The molecule has 0 unspecified atom stereocenters. The molecule has 4 nitrogen and oxygen atoms in total. The number of thiazole rings is 1. The van der Waals surface area contributed by atoms with Gasteiger partial charge in [0.25, 0.3) is 0 Å². The van der Waals surface area contributed by atoms with Crippen molar-refractivity contribution >= 4 is 28.6 Å². The van der Waals surface area contributed by atoms with Crippen molar-refractivity contribution in [2.75, 3.05) is 6.54 Å². The van der Waals surface area contributed by atoms with Crippen LogP contribution in [0, 0.1) is 0 Å². The highest BCUT2D eigenvalue weighted by Crippen LogP contribution is 2.29. The van der Waals surface area contributed by atoms with Crippen LogP contribution in [-0.4, -0.2) is 22.0 Å². The number of amides is 1. The molecule has 0 atom stereocenters. The van der Waals surface area contributed by atoms with E-state index < -0.39 is 0 Å². The summed E-state index contributed by atoms with van der Waals surface area (Å²) in [5, 5.41) is 8.04. The second-order valence-electron chi connectivity index (χ2n) is 6.10. The fourth-order valence-corrected chi connectivity index (χ4v) is 4.45. The van der Waals surface area contributed by atoms with E-state index in [0.29, 0.717) is 13.1 Å². The number of benzene rings is 1. The van der Waals surface area contributed by atoms with Crippen molar-refractivity contribution in [3.05, 3.63) is 76.4 Å². The first-order chi connectivity index (χ1) is 13.3. The summed E-state index contributed by atoms with van der Waals surface area (Å²) in [6.07, 6.45) is 2.80. The maximum atomic E-state index is 12.3. The minimum atomic E-state index is 0.0174. The van der Waals surface area contributed by atoms with Crippen LogP contribution < -0.4 is 5.32 Å². The topological polar surface area (TPSA) is 46.9 Å². The van der Waals surface area contributed by atoms with Gasteiger partial charge in [-0.3, -0.25) is 4.79 Å². The SMILES string of the molecule is O=C(Cn1cccc1-c1nc(-c2ccccc2)cs1)NCCc1cccs1. The predicted molar refractivity (Wildman–Crippen MR) is 112 cm³/mol. The van der Waals surface area contributed by atoms with E-state index in [1.54, 1.807) is 22.7 Å². The van der Waals surface area contributed by atoms with E-state index in [-0.39, 0.29) is 5.91 Å². The maximum Gasteiger partial charge on any atom is 0.239 e. The molecule has 3 aromatic heterocycles. The second-order valence-corrected chi connectivity index (χ2v) is 7.99. The first-order valence-electron chi connectivity index (χ1n) is 8.75. The minimum Gasteiger partial charge on any atom is -0.354 e. The van der Waals surface area contributed by atoms with E-state index in [0.717, 1.165) is 28.4 Å². The fourth-order valence-electron chi connectivity index (χ4n) is 2.87. The molecule has 1 N–H and O–H groups in total. The number of carbonyl (C=O) groups excluding carboxylic acids is 1. The number of nitrogens with one attached hydrogen (secondary N) is 1. The Bertz CT molecular complexity index is 1000. The van der Waals surface area contributed by atoms with Gasteiger partial charge in [-0.05, 0) is 30.0 Å². The molecule has 4 aromatic rings. The van der Waals surface area contributed by atoms with Crippen LogP contribution in [-0.2, 0) is 17.8 Å². The quantitative estimate of drug-likeness (QED) is 0.495. The number of thiophene rings is 1. The van der Waals surface area contributed by atoms with Gasteiger partial charge in [0.15, 0.2) is 0 Å². The summed E-state index contributed by atoms with van der Waals surface area (Å²) in [4.78, 5) is 18.3. The lowest BCUT2D eigenvalue weighted by molar-refractivity contribution is -0.121. The Morgan fingerprint density at radius 3 is 2.74 bits per heavy atom. The maximum absolute atomic E-state index is 12.3. The van der Waals surface area contributed by atoms with Crippen molar-refractivity contribution in [3.63, 3.8) is 0 Å². The van der Waals surface area contributed by atoms with Crippen LogP contribution in [0.3, 0.4) is 0 Å². The Morgan fingerprint density at radius 2 is 1.93 bits per heavy atom. The molecule has 136 valence electrons. The fraction of sp³-hybridized carbons (Fsp3) is 0.143. The molecule has 0 saturated heterocycles. The number of hydrogen-bond acceptors (Lipinski definition) is 4. The van der Waals surface area contributed by atoms with Gasteiger partial charge in [0.2, 0.25) is 5.91 Å². The zero-order valence-electron chi connectivity index (χ0n) is 14.7. The van der Waals surface area contributed by atoms with Gasteiger partial charge < -0.3 is 9.88 Å². The highest BCUT2D eigenvalue weighted by molar-refractivity contribution is 7.13. The molecule has 6 heteroatoms. The average molecular weight is 394 g/mol. The van der Waals surface area contributed by atoms with Gasteiger partial charge in [0.05, 0.1) is 11.4 Å². The highest BCUT2D eigenvalue weighted by atomic mass is 32.1. The standard InChI is InChI=1S/C21H19N3OS2/c25-20(22-11-10-17-8-5-13-26-17)14-24-12-4-9-19(24)21-23-18(15-27-21)16-6-2-1-3-7-16/h1-9,12-13,15H,10-11,14H2,(H,22,25). The molecule has 0 fully saturated rings. The third-order valence-electron chi connectivity index (χ3n) is 4.21. The third-order valence-corrected chi connectivity index (χ3v) is 6.01. The molecule has 1 aromatic carbocycles. The average Bonchev–Trinajstić information content (AvgIpc) is 3.44. The number of aromatic nitrogens is 2. The lowest BCUT2D eigenvalue weighted by atomic mass is 10.2. The normalized spacial score (nSPS) is 10.8. The van der Waals surface area contributed by atoms with Crippen LogP contribution in [0.4, 0.5) is 0 Å². The molecule has 0 aliphatic rings. The van der Waals surface area contributed by atoms with E-state index >= 15 is 0 Å². The van der Waals surface area contributed by atoms with E-state index in [1.807, 2.05) is 47.2 Å². The lowest BCUT2D eigenvalue weighted by Gasteiger charge is -2.08. The molecular weight excluding hydrogens is 374 g/mol.